The highest BCUT2D eigenvalue weighted by Crippen LogP contribution is 2.38. The van der Waals surface area contributed by atoms with Gasteiger partial charge in [-0.3, -0.25) is 4.90 Å². The van der Waals surface area contributed by atoms with Gasteiger partial charge >= 0.3 is 6.03 Å². The van der Waals surface area contributed by atoms with Crippen LogP contribution >= 0.6 is 0 Å². The van der Waals surface area contributed by atoms with Crippen molar-refractivity contribution < 1.29 is 14.1 Å². The molecule has 0 fully saturated rings. The summed E-state index contributed by atoms with van der Waals surface area (Å²) in [6.07, 6.45) is 1.86. The number of nitrogens with zero attached hydrogens (tertiary/aromatic N) is 3. The van der Waals surface area contributed by atoms with E-state index in [1.807, 2.05) is 43.3 Å². The van der Waals surface area contributed by atoms with Crippen LogP contribution in [0.1, 0.15) is 57.2 Å². The Labute approximate surface area is 200 Å². The molecule has 2 aromatic carbocycles. The van der Waals surface area contributed by atoms with Gasteiger partial charge in [0, 0.05) is 17.8 Å². The van der Waals surface area contributed by atoms with Crippen molar-refractivity contribution in [3.05, 3.63) is 71.2 Å². The van der Waals surface area contributed by atoms with Crippen LogP contribution in [0.25, 0.3) is 17.0 Å². The predicted octanol–water partition coefficient (Wildman–Crippen LogP) is 5.85. The zero-order valence-corrected chi connectivity index (χ0v) is 20.5. The van der Waals surface area contributed by atoms with E-state index < -0.39 is 6.04 Å². The molecule has 0 spiro atoms. The van der Waals surface area contributed by atoms with Crippen LogP contribution in [-0.2, 0) is 6.42 Å². The molecule has 7 heteroatoms. The molecular weight excluding hydrogens is 428 g/mol. The Morgan fingerprint density at radius 1 is 1.18 bits per heavy atom. The van der Waals surface area contributed by atoms with Gasteiger partial charge in [0.25, 0.3) is 5.89 Å². The fourth-order valence-electron chi connectivity index (χ4n) is 4.13. The van der Waals surface area contributed by atoms with Crippen molar-refractivity contribution in [3.63, 3.8) is 0 Å². The lowest BCUT2D eigenvalue weighted by molar-refractivity contribution is 0.202. The van der Waals surface area contributed by atoms with Crippen molar-refractivity contribution in [3.8, 4) is 17.1 Å². The fraction of sp³-hybridized carbons (Fsp3) is 0.370. The molecule has 2 amide bonds. The fourth-order valence-corrected chi connectivity index (χ4v) is 4.13. The van der Waals surface area contributed by atoms with Crippen LogP contribution in [0.2, 0.25) is 0 Å². The van der Waals surface area contributed by atoms with Gasteiger partial charge in [0.2, 0.25) is 5.82 Å². The predicted molar refractivity (Wildman–Crippen MR) is 132 cm³/mol. The number of urea groups is 1. The van der Waals surface area contributed by atoms with E-state index in [2.05, 4.69) is 43.4 Å². The van der Waals surface area contributed by atoms with Crippen LogP contribution in [0.3, 0.4) is 0 Å². The minimum Gasteiger partial charge on any atom is -0.497 e. The van der Waals surface area contributed by atoms with E-state index in [9.17, 15) is 4.79 Å². The lowest BCUT2D eigenvalue weighted by Crippen LogP contribution is -2.46. The second-order valence-electron chi connectivity index (χ2n) is 8.97. The summed E-state index contributed by atoms with van der Waals surface area (Å²) >= 11 is 0. The minimum atomic E-state index is -0.436. The highest BCUT2D eigenvalue weighted by atomic mass is 16.5. The van der Waals surface area contributed by atoms with Gasteiger partial charge in [0.15, 0.2) is 0 Å². The molecule has 1 aliphatic rings. The second kappa shape index (κ2) is 10.1. The van der Waals surface area contributed by atoms with Gasteiger partial charge in [-0.25, -0.2) is 4.79 Å². The molecule has 1 unspecified atom stereocenters. The number of benzene rings is 2. The molecule has 0 saturated carbocycles. The maximum atomic E-state index is 13.1. The van der Waals surface area contributed by atoms with E-state index in [4.69, 9.17) is 14.2 Å². The number of hydrogen-bond donors (Lipinski definition) is 1. The zero-order valence-electron chi connectivity index (χ0n) is 20.5. The van der Waals surface area contributed by atoms with Crippen molar-refractivity contribution in [1.29, 1.82) is 0 Å². The number of allylic oxidation sites excluding steroid dienone is 1. The first-order valence-corrected chi connectivity index (χ1v) is 11.8. The number of amides is 2. The van der Waals surface area contributed by atoms with Crippen LogP contribution in [0.15, 0.2) is 58.8 Å². The SMILES string of the molecule is CCc1ccc(-c2noc(C3=C(C)N(CCC(C)C)C(=O)NC3c3cccc(OC)c3)n2)cc1. The Balaban J connectivity index is 1.77. The van der Waals surface area contributed by atoms with E-state index in [1.54, 1.807) is 12.0 Å². The molecule has 2 heterocycles. The van der Waals surface area contributed by atoms with E-state index in [0.29, 0.717) is 29.9 Å². The molecule has 1 N–H and O–H groups in total. The average molecular weight is 461 g/mol. The number of ether oxygens (including phenoxy) is 1. The molecule has 0 aliphatic carbocycles. The number of aromatic nitrogens is 2. The van der Waals surface area contributed by atoms with Gasteiger partial charge in [-0.2, -0.15) is 4.98 Å². The van der Waals surface area contributed by atoms with Gasteiger partial charge in [-0.05, 0) is 48.9 Å². The first-order chi connectivity index (χ1) is 16.4. The molecule has 0 radical (unpaired) electrons. The monoisotopic (exact) mass is 460 g/mol. The number of rotatable bonds is 8. The smallest absolute Gasteiger partial charge is 0.322 e. The molecule has 178 valence electrons. The number of methoxy groups -OCH3 is 1. The third-order valence-electron chi connectivity index (χ3n) is 6.23. The summed E-state index contributed by atoms with van der Waals surface area (Å²) in [5.74, 6) is 2.11. The summed E-state index contributed by atoms with van der Waals surface area (Å²) in [7, 11) is 1.63. The summed E-state index contributed by atoms with van der Waals surface area (Å²) in [5.41, 5.74) is 4.63. The highest BCUT2D eigenvalue weighted by molar-refractivity contribution is 5.87. The van der Waals surface area contributed by atoms with Crippen molar-refractivity contribution in [2.45, 2.75) is 46.6 Å². The Morgan fingerprint density at radius 3 is 2.62 bits per heavy atom. The zero-order chi connectivity index (χ0) is 24.2. The number of nitrogens with one attached hydrogen (secondary N) is 1. The summed E-state index contributed by atoms with van der Waals surface area (Å²) in [4.78, 5) is 19.6. The van der Waals surface area contributed by atoms with Crippen molar-refractivity contribution in [1.82, 2.24) is 20.4 Å². The molecule has 1 aliphatic heterocycles. The first kappa shape index (κ1) is 23.5. The lowest BCUT2D eigenvalue weighted by atomic mass is 9.94. The maximum absolute atomic E-state index is 13.1. The summed E-state index contributed by atoms with van der Waals surface area (Å²) in [6.45, 7) is 8.98. The average Bonchev–Trinajstić information content (AvgIpc) is 3.33. The maximum Gasteiger partial charge on any atom is 0.322 e. The molecule has 3 aromatic rings. The number of aryl methyl sites for hydroxylation is 1. The van der Waals surface area contributed by atoms with Crippen LogP contribution in [-0.4, -0.2) is 34.7 Å². The highest BCUT2D eigenvalue weighted by Gasteiger charge is 2.35. The number of hydrogen-bond acceptors (Lipinski definition) is 5. The summed E-state index contributed by atoms with van der Waals surface area (Å²) in [6, 6.07) is 15.3. The van der Waals surface area contributed by atoms with E-state index in [1.165, 1.54) is 5.56 Å². The van der Waals surface area contributed by atoms with Gasteiger partial charge in [-0.15, -0.1) is 0 Å². The number of carbonyl (C=O) groups excluding carboxylic acids is 1. The summed E-state index contributed by atoms with van der Waals surface area (Å²) in [5, 5.41) is 7.40. The summed E-state index contributed by atoms with van der Waals surface area (Å²) < 4.78 is 11.2. The van der Waals surface area contributed by atoms with Gasteiger partial charge in [-0.1, -0.05) is 62.3 Å². The van der Waals surface area contributed by atoms with Crippen molar-refractivity contribution >= 4 is 11.6 Å². The largest absolute Gasteiger partial charge is 0.497 e. The van der Waals surface area contributed by atoms with E-state index in [0.717, 1.165) is 35.2 Å². The number of carbonyl (C=O) groups is 1. The topological polar surface area (TPSA) is 80.5 Å². The molecule has 4 rings (SSSR count). The molecule has 1 atom stereocenters. The minimum absolute atomic E-state index is 0.135. The van der Waals surface area contributed by atoms with E-state index >= 15 is 0 Å². The second-order valence-corrected chi connectivity index (χ2v) is 8.97. The van der Waals surface area contributed by atoms with Crippen LogP contribution < -0.4 is 10.1 Å². The Morgan fingerprint density at radius 2 is 1.94 bits per heavy atom. The van der Waals surface area contributed by atoms with E-state index in [-0.39, 0.29) is 6.03 Å². The molecule has 0 bridgehead atoms. The van der Waals surface area contributed by atoms with Crippen LogP contribution in [0.5, 0.6) is 5.75 Å². The molecule has 1 aromatic heterocycles. The van der Waals surface area contributed by atoms with Crippen LogP contribution in [0, 0.1) is 5.92 Å². The third kappa shape index (κ3) is 4.83. The molecule has 0 saturated heterocycles. The van der Waals surface area contributed by atoms with Crippen LogP contribution in [0.4, 0.5) is 4.79 Å². The van der Waals surface area contributed by atoms with Gasteiger partial charge in [0.1, 0.15) is 5.75 Å². The quantitative estimate of drug-likeness (QED) is 0.456. The molecule has 7 nitrogen and oxygen atoms in total. The lowest BCUT2D eigenvalue weighted by Gasteiger charge is -2.35. The van der Waals surface area contributed by atoms with Crippen molar-refractivity contribution in [2.75, 3.05) is 13.7 Å². The molecular formula is C27H32N4O3. The third-order valence-corrected chi connectivity index (χ3v) is 6.23. The Hall–Kier alpha value is -3.61. The Bertz CT molecular complexity index is 1180. The first-order valence-electron chi connectivity index (χ1n) is 11.8. The molecule has 34 heavy (non-hydrogen) atoms. The normalized spacial score (nSPS) is 16.2. The van der Waals surface area contributed by atoms with Gasteiger partial charge in [0.05, 0.1) is 18.7 Å². The Kier molecular flexibility index (Phi) is 7.01. The van der Waals surface area contributed by atoms with Crippen molar-refractivity contribution in [2.24, 2.45) is 5.92 Å². The van der Waals surface area contributed by atoms with Gasteiger partial charge < -0.3 is 14.6 Å². The standard InChI is InChI=1S/C27H32N4O3/c1-6-19-10-12-20(13-11-19)25-29-26(34-30-25)23-18(4)31(15-14-17(2)3)27(32)28-24(23)21-8-7-9-22(16-21)33-5/h7-13,16-17,24H,6,14-15H2,1-5H3,(H,28,32).